The molecule has 1 aromatic rings. The number of ether oxygens (including phenoxy) is 1. The second-order valence-corrected chi connectivity index (χ2v) is 4.06. The zero-order valence-electron chi connectivity index (χ0n) is 11.0. The first-order chi connectivity index (χ1) is 8.93. The lowest BCUT2D eigenvalue weighted by atomic mass is 10.0. The Morgan fingerprint density at radius 2 is 1.79 bits per heavy atom. The van der Waals surface area contributed by atoms with Gasteiger partial charge in [0.05, 0.1) is 11.1 Å². The number of carbonyl (C=O) groups excluding carboxylic acids is 2. The van der Waals surface area contributed by atoms with E-state index in [-0.39, 0.29) is 23.5 Å². The number of ketones is 1. The molecule has 0 aliphatic rings. The molecule has 1 rings (SSSR count). The van der Waals surface area contributed by atoms with Crippen molar-refractivity contribution in [2.45, 2.75) is 20.5 Å². The molecule has 0 spiro atoms. The minimum absolute atomic E-state index is 0.0916. The van der Waals surface area contributed by atoms with Gasteiger partial charge in [0.2, 0.25) is 0 Å². The van der Waals surface area contributed by atoms with Gasteiger partial charge in [0.25, 0.3) is 0 Å². The standard InChI is InChI=1S/C15H16O4/c1-10(14(11(2)16)12(3)17)15(18)19-9-13-7-5-4-6-8-13/h4-8,16H,1,9H2,2-3H3/b14-11+. The maximum absolute atomic E-state index is 11.7. The first-order valence-corrected chi connectivity index (χ1v) is 5.74. The van der Waals surface area contributed by atoms with E-state index < -0.39 is 11.8 Å². The van der Waals surface area contributed by atoms with Gasteiger partial charge < -0.3 is 9.84 Å². The molecule has 4 heteroatoms. The third-order valence-corrected chi connectivity index (χ3v) is 2.47. The highest BCUT2D eigenvalue weighted by Crippen LogP contribution is 2.15. The smallest absolute Gasteiger partial charge is 0.338 e. The lowest BCUT2D eigenvalue weighted by Gasteiger charge is -2.09. The fraction of sp³-hybridized carbons (Fsp3) is 0.200. The normalized spacial score (nSPS) is 11.5. The molecule has 0 bridgehead atoms. The summed E-state index contributed by atoms with van der Waals surface area (Å²) in [6, 6.07) is 9.15. The summed E-state index contributed by atoms with van der Waals surface area (Å²) in [6.07, 6.45) is 0. The molecule has 0 aliphatic carbocycles. The topological polar surface area (TPSA) is 63.6 Å². The van der Waals surface area contributed by atoms with Crippen LogP contribution < -0.4 is 0 Å². The SMILES string of the molecule is C=C(C(=O)OCc1ccccc1)/C(C(C)=O)=C(/C)O. The Hall–Kier alpha value is -2.36. The van der Waals surface area contributed by atoms with Crippen molar-refractivity contribution >= 4 is 11.8 Å². The van der Waals surface area contributed by atoms with Crippen LogP contribution in [0.3, 0.4) is 0 Å². The number of rotatable bonds is 5. The fourth-order valence-corrected chi connectivity index (χ4v) is 1.60. The Morgan fingerprint density at radius 1 is 1.21 bits per heavy atom. The third kappa shape index (κ3) is 4.10. The molecule has 0 fully saturated rings. The minimum atomic E-state index is -0.720. The lowest BCUT2D eigenvalue weighted by Crippen LogP contribution is -2.14. The molecule has 0 amide bonds. The quantitative estimate of drug-likeness (QED) is 0.382. The Labute approximate surface area is 112 Å². The van der Waals surface area contributed by atoms with E-state index >= 15 is 0 Å². The summed E-state index contributed by atoms with van der Waals surface area (Å²) in [5.74, 6) is -1.39. The van der Waals surface area contributed by atoms with E-state index in [0.29, 0.717) is 0 Å². The van der Waals surface area contributed by atoms with Gasteiger partial charge in [0, 0.05) is 0 Å². The van der Waals surface area contributed by atoms with Crippen LogP contribution in [0.1, 0.15) is 19.4 Å². The van der Waals surface area contributed by atoms with Crippen LogP contribution >= 0.6 is 0 Å². The highest BCUT2D eigenvalue weighted by molar-refractivity contribution is 6.08. The molecule has 0 atom stereocenters. The summed E-state index contributed by atoms with van der Waals surface area (Å²) in [6.45, 7) is 6.17. The van der Waals surface area contributed by atoms with E-state index in [1.807, 2.05) is 30.3 Å². The van der Waals surface area contributed by atoms with Crippen LogP contribution in [0, 0.1) is 0 Å². The summed E-state index contributed by atoms with van der Waals surface area (Å²) in [7, 11) is 0. The monoisotopic (exact) mass is 260 g/mol. The van der Waals surface area contributed by atoms with Crippen LogP contribution in [0.25, 0.3) is 0 Å². The van der Waals surface area contributed by atoms with E-state index in [1.54, 1.807) is 0 Å². The number of benzene rings is 1. The third-order valence-electron chi connectivity index (χ3n) is 2.47. The van der Waals surface area contributed by atoms with Crippen molar-refractivity contribution in [2.75, 3.05) is 0 Å². The maximum atomic E-state index is 11.7. The van der Waals surface area contributed by atoms with Crippen LogP contribution in [0.4, 0.5) is 0 Å². The van der Waals surface area contributed by atoms with Crippen molar-refractivity contribution in [1.29, 1.82) is 0 Å². The van der Waals surface area contributed by atoms with Crippen LogP contribution in [0.5, 0.6) is 0 Å². The van der Waals surface area contributed by atoms with Gasteiger partial charge in [-0.1, -0.05) is 36.9 Å². The molecule has 0 unspecified atom stereocenters. The van der Waals surface area contributed by atoms with Crippen LogP contribution in [-0.4, -0.2) is 16.9 Å². The molecular formula is C15H16O4. The molecule has 4 nitrogen and oxygen atoms in total. The molecule has 0 radical (unpaired) electrons. The molecule has 0 heterocycles. The largest absolute Gasteiger partial charge is 0.512 e. The predicted molar refractivity (Wildman–Crippen MR) is 71.4 cm³/mol. The molecule has 1 N–H and O–H groups in total. The fourth-order valence-electron chi connectivity index (χ4n) is 1.60. The van der Waals surface area contributed by atoms with Gasteiger partial charge in [-0.05, 0) is 19.4 Å². The summed E-state index contributed by atoms with van der Waals surface area (Å²) < 4.78 is 5.04. The average Bonchev–Trinajstić information content (AvgIpc) is 2.36. The summed E-state index contributed by atoms with van der Waals surface area (Å²) in [4.78, 5) is 23.1. The number of esters is 1. The number of allylic oxidation sites excluding steroid dienone is 1. The van der Waals surface area contributed by atoms with Crippen molar-refractivity contribution in [3.05, 3.63) is 59.4 Å². The van der Waals surface area contributed by atoms with E-state index in [2.05, 4.69) is 6.58 Å². The average molecular weight is 260 g/mol. The Kier molecular flexibility index (Phi) is 5.06. The second-order valence-electron chi connectivity index (χ2n) is 4.06. The minimum Gasteiger partial charge on any atom is -0.512 e. The number of carbonyl (C=O) groups is 2. The van der Waals surface area contributed by atoms with Crippen molar-refractivity contribution in [2.24, 2.45) is 0 Å². The molecule has 0 saturated carbocycles. The van der Waals surface area contributed by atoms with Gasteiger partial charge in [0.1, 0.15) is 12.4 Å². The molecule has 100 valence electrons. The molecule has 19 heavy (non-hydrogen) atoms. The van der Waals surface area contributed by atoms with Crippen molar-refractivity contribution in [3.63, 3.8) is 0 Å². The molecule has 0 aromatic heterocycles. The predicted octanol–water partition coefficient (Wildman–Crippen LogP) is 2.71. The number of hydrogen-bond donors (Lipinski definition) is 1. The zero-order chi connectivity index (χ0) is 14.4. The van der Waals surface area contributed by atoms with Crippen LogP contribution in [-0.2, 0) is 20.9 Å². The number of Topliss-reactive ketones (excluding diaryl/α,β-unsaturated/α-hetero) is 1. The lowest BCUT2D eigenvalue weighted by molar-refractivity contribution is -0.140. The van der Waals surface area contributed by atoms with Gasteiger partial charge in [-0.15, -0.1) is 0 Å². The number of aliphatic hydroxyl groups excluding tert-OH is 1. The molecular weight excluding hydrogens is 244 g/mol. The second kappa shape index (κ2) is 6.54. The maximum Gasteiger partial charge on any atom is 0.338 e. The first kappa shape index (κ1) is 14.7. The summed E-state index contributed by atoms with van der Waals surface area (Å²) in [5, 5.41) is 9.38. The van der Waals surface area contributed by atoms with Gasteiger partial charge >= 0.3 is 5.97 Å². The van der Waals surface area contributed by atoms with Gasteiger partial charge in [-0.25, -0.2) is 4.79 Å². The zero-order valence-corrected chi connectivity index (χ0v) is 11.0. The Balaban J connectivity index is 2.71. The van der Waals surface area contributed by atoms with Gasteiger partial charge in [-0.3, -0.25) is 4.79 Å². The number of hydrogen-bond acceptors (Lipinski definition) is 4. The van der Waals surface area contributed by atoms with Crippen molar-refractivity contribution in [1.82, 2.24) is 0 Å². The van der Waals surface area contributed by atoms with Crippen LogP contribution in [0.15, 0.2) is 53.8 Å². The summed E-state index contributed by atoms with van der Waals surface area (Å²) in [5.41, 5.74) is 0.596. The number of aliphatic hydroxyl groups is 1. The van der Waals surface area contributed by atoms with E-state index in [9.17, 15) is 14.7 Å². The van der Waals surface area contributed by atoms with Gasteiger partial charge in [0.15, 0.2) is 5.78 Å². The van der Waals surface area contributed by atoms with Crippen molar-refractivity contribution < 1.29 is 19.4 Å². The Morgan fingerprint density at radius 3 is 2.26 bits per heavy atom. The summed E-state index contributed by atoms with van der Waals surface area (Å²) >= 11 is 0. The van der Waals surface area contributed by atoms with E-state index in [4.69, 9.17) is 4.74 Å². The molecule has 0 aliphatic heterocycles. The Bertz CT molecular complexity index is 522. The van der Waals surface area contributed by atoms with E-state index in [1.165, 1.54) is 13.8 Å². The van der Waals surface area contributed by atoms with Crippen LogP contribution in [0.2, 0.25) is 0 Å². The molecule has 0 saturated heterocycles. The highest BCUT2D eigenvalue weighted by Gasteiger charge is 2.20. The van der Waals surface area contributed by atoms with E-state index in [0.717, 1.165) is 5.56 Å². The molecule has 1 aromatic carbocycles. The first-order valence-electron chi connectivity index (χ1n) is 5.74. The highest BCUT2D eigenvalue weighted by atomic mass is 16.5. The van der Waals surface area contributed by atoms with Crippen molar-refractivity contribution in [3.8, 4) is 0 Å². The van der Waals surface area contributed by atoms with Gasteiger partial charge in [-0.2, -0.15) is 0 Å².